The number of methoxy groups -OCH3 is 1. The summed E-state index contributed by atoms with van der Waals surface area (Å²) in [4.78, 5) is 30.4. The Morgan fingerprint density at radius 1 is 1.12 bits per heavy atom. The summed E-state index contributed by atoms with van der Waals surface area (Å²) in [6, 6.07) is 11.8. The van der Waals surface area contributed by atoms with Gasteiger partial charge in [-0.25, -0.2) is 9.78 Å². The number of anilines is 1. The van der Waals surface area contributed by atoms with E-state index in [1.165, 1.54) is 18.4 Å². The fourth-order valence-electron chi connectivity index (χ4n) is 2.36. The van der Waals surface area contributed by atoms with Crippen molar-refractivity contribution in [2.24, 2.45) is 0 Å². The number of nitrogens with one attached hydrogen (secondary N) is 1. The van der Waals surface area contributed by atoms with Gasteiger partial charge in [0.2, 0.25) is 0 Å². The van der Waals surface area contributed by atoms with Gasteiger partial charge < -0.3 is 4.74 Å². The van der Waals surface area contributed by atoms with Crippen LogP contribution in [0.5, 0.6) is 0 Å². The molecule has 0 aliphatic heterocycles. The molecular formula is C18H16N2O3S2. The molecule has 0 saturated carbocycles. The van der Waals surface area contributed by atoms with Crippen molar-refractivity contribution in [2.75, 3.05) is 12.4 Å². The van der Waals surface area contributed by atoms with E-state index in [2.05, 4.69) is 10.3 Å². The Balaban J connectivity index is 1.82. The van der Waals surface area contributed by atoms with E-state index in [0.29, 0.717) is 20.6 Å². The first-order chi connectivity index (χ1) is 12.0. The van der Waals surface area contributed by atoms with E-state index in [1.807, 2.05) is 43.3 Å². The van der Waals surface area contributed by atoms with Gasteiger partial charge in [0.1, 0.15) is 4.88 Å². The number of aromatic nitrogens is 1. The number of thiophene rings is 1. The minimum absolute atomic E-state index is 0.236. The van der Waals surface area contributed by atoms with Crippen molar-refractivity contribution in [1.82, 2.24) is 4.98 Å². The molecular weight excluding hydrogens is 356 g/mol. The maximum atomic E-state index is 12.5. The maximum absolute atomic E-state index is 12.5. The second-order valence-electron chi connectivity index (χ2n) is 5.37. The molecule has 1 N–H and O–H groups in total. The standard InChI is InChI=1S/C18H16N2O3S2/c1-10-9-13(24-14(10)12-7-5-4-6-8-12)16(21)20-18-19-11(2)15(25-18)17(22)23-3/h4-9H,1-3H3,(H,19,20,21). The van der Waals surface area contributed by atoms with Gasteiger partial charge in [-0.15, -0.1) is 11.3 Å². The van der Waals surface area contributed by atoms with E-state index < -0.39 is 5.97 Å². The van der Waals surface area contributed by atoms with Gasteiger partial charge in [0.15, 0.2) is 5.13 Å². The molecule has 0 radical (unpaired) electrons. The molecule has 2 aromatic heterocycles. The van der Waals surface area contributed by atoms with Crippen molar-refractivity contribution in [1.29, 1.82) is 0 Å². The van der Waals surface area contributed by atoms with Crippen molar-refractivity contribution < 1.29 is 14.3 Å². The Hall–Kier alpha value is -2.51. The summed E-state index contributed by atoms with van der Waals surface area (Å²) in [6.07, 6.45) is 0. The van der Waals surface area contributed by atoms with Crippen molar-refractivity contribution in [2.45, 2.75) is 13.8 Å². The first kappa shape index (κ1) is 17.3. The van der Waals surface area contributed by atoms with E-state index in [0.717, 1.165) is 27.3 Å². The average molecular weight is 372 g/mol. The molecule has 128 valence electrons. The van der Waals surface area contributed by atoms with E-state index >= 15 is 0 Å². The predicted octanol–water partition coefficient (Wildman–Crippen LogP) is 4.53. The quantitative estimate of drug-likeness (QED) is 0.683. The van der Waals surface area contributed by atoms with Gasteiger partial charge in [0, 0.05) is 4.88 Å². The van der Waals surface area contributed by atoms with E-state index in [4.69, 9.17) is 4.74 Å². The van der Waals surface area contributed by atoms with Crippen LogP contribution in [0.4, 0.5) is 5.13 Å². The zero-order chi connectivity index (χ0) is 18.0. The Labute approximate surface area is 153 Å². The lowest BCUT2D eigenvalue weighted by Gasteiger charge is -1.99. The zero-order valence-corrected chi connectivity index (χ0v) is 15.6. The summed E-state index contributed by atoms with van der Waals surface area (Å²) < 4.78 is 4.71. The molecule has 1 aromatic carbocycles. The maximum Gasteiger partial charge on any atom is 0.350 e. The first-order valence-electron chi connectivity index (χ1n) is 7.52. The van der Waals surface area contributed by atoms with Crippen LogP contribution >= 0.6 is 22.7 Å². The molecule has 3 rings (SSSR count). The number of esters is 1. The number of amides is 1. The summed E-state index contributed by atoms with van der Waals surface area (Å²) in [5, 5.41) is 3.15. The van der Waals surface area contributed by atoms with Crippen LogP contribution in [0, 0.1) is 13.8 Å². The minimum Gasteiger partial charge on any atom is -0.465 e. The Morgan fingerprint density at radius 2 is 1.84 bits per heavy atom. The number of rotatable bonds is 4. The molecule has 0 unspecified atom stereocenters. The highest BCUT2D eigenvalue weighted by Crippen LogP contribution is 2.33. The highest BCUT2D eigenvalue weighted by molar-refractivity contribution is 7.19. The van der Waals surface area contributed by atoms with Gasteiger partial charge in [-0.3, -0.25) is 10.1 Å². The number of hydrogen-bond donors (Lipinski definition) is 1. The van der Waals surface area contributed by atoms with Crippen LogP contribution in [-0.2, 0) is 4.74 Å². The van der Waals surface area contributed by atoms with Gasteiger partial charge in [-0.2, -0.15) is 0 Å². The SMILES string of the molecule is COC(=O)c1sc(NC(=O)c2cc(C)c(-c3ccccc3)s2)nc1C. The third-order valence-corrected chi connectivity index (χ3v) is 5.90. The number of carbonyl (C=O) groups excluding carboxylic acids is 2. The van der Waals surface area contributed by atoms with Crippen LogP contribution in [0.1, 0.15) is 30.6 Å². The van der Waals surface area contributed by atoms with Crippen molar-refractivity contribution in [3.8, 4) is 10.4 Å². The van der Waals surface area contributed by atoms with Crippen LogP contribution in [-0.4, -0.2) is 24.0 Å². The van der Waals surface area contributed by atoms with E-state index in [1.54, 1.807) is 6.92 Å². The molecule has 3 aromatic rings. The number of aryl methyl sites for hydroxylation is 2. The lowest BCUT2D eigenvalue weighted by atomic mass is 10.1. The Kier molecular flexibility index (Phi) is 4.96. The largest absolute Gasteiger partial charge is 0.465 e. The van der Waals surface area contributed by atoms with Crippen LogP contribution in [0.2, 0.25) is 0 Å². The lowest BCUT2D eigenvalue weighted by molar-refractivity contribution is 0.0605. The van der Waals surface area contributed by atoms with Crippen LogP contribution in [0.25, 0.3) is 10.4 Å². The number of hydrogen-bond acceptors (Lipinski definition) is 6. The summed E-state index contributed by atoms with van der Waals surface area (Å²) in [7, 11) is 1.32. The molecule has 0 aliphatic carbocycles. The van der Waals surface area contributed by atoms with Gasteiger partial charge in [0.25, 0.3) is 5.91 Å². The van der Waals surface area contributed by atoms with Gasteiger partial charge >= 0.3 is 5.97 Å². The smallest absolute Gasteiger partial charge is 0.350 e. The molecule has 0 atom stereocenters. The van der Waals surface area contributed by atoms with Crippen LogP contribution in [0.3, 0.4) is 0 Å². The molecule has 25 heavy (non-hydrogen) atoms. The second-order valence-corrected chi connectivity index (χ2v) is 7.42. The molecule has 0 bridgehead atoms. The zero-order valence-electron chi connectivity index (χ0n) is 14.0. The Morgan fingerprint density at radius 3 is 2.52 bits per heavy atom. The normalized spacial score (nSPS) is 10.5. The van der Waals surface area contributed by atoms with Crippen molar-refractivity contribution in [3.05, 3.63) is 57.4 Å². The van der Waals surface area contributed by atoms with Crippen LogP contribution in [0.15, 0.2) is 36.4 Å². The molecule has 2 heterocycles. The topological polar surface area (TPSA) is 68.3 Å². The van der Waals surface area contributed by atoms with Gasteiger partial charge in [-0.1, -0.05) is 41.7 Å². The van der Waals surface area contributed by atoms with Crippen LogP contribution < -0.4 is 5.32 Å². The van der Waals surface area contributed by atoms with Gasteiger partial charge in [-0.05, 0) is 31.0 Å². The molecule has 1 amide bonds. The number of ether oxygens (including phenoxy) is 1. The van der Waals surface area contributed by atoms with E-state index in [9.17, 15) is 9.59 Å². The van der Waals surface area contributed by atoms with Gasteiger partial charge in [0.05, 0.1) is 17.7 Å². The molecule has 0 saturated heterocycles. The summed E-state index contributed by atoms with van der Waals surface area (Å²) in [6.45, 7) is 3.69. The molecule has 5 nitrogen and oxygen atoms in total. The fraction of sp³-hybridized carbons (Fsp3) is 0.167. The number of thiazole rings is 1. The Bertz CT molecular complexity index is 929. The van der Waals surface area contributed by atoms with E-state index in [-0.39, 0.29) is 5.91 Å². The summed E-state index contributed by atoms with van der Waals surface area (Å²) in [5.41, 5.74) is 2.67. The number of nitrogens with zero attached hydrogens (tertiary/aromatic N) is 1. The van der Waals surface area contributed by atoms with Crippen molar-refractivity contribution >= 4 is 39.7 Å². The average Bonchev–Trinajstić information content (AvgIpc) is 3.18. The highest BCUT2D eigenvalue weighted by atomic mass is 32.1. The number of benzene rings is 1. The van der Waals surface area contributed by atoms with Crippen molar-refractivity contribution in [3.63, 3.8) is 0 Å². The monoisotopic (exact) mass is 372 g/mol. The third kappa shape index (κ3) is 3.62. The minimum atomic E-state index is -0.450. The molecule has 0 spiro atoms. The second kappa shape index (κ2) is 7.16. The molecule has 0 aliphatic rings. The lowest BCUT2D eigenvalue weighted by Crippen LogP contribution is -2.09. The third-order valence-electron chi connectivity index (χ3n) is 3.57. The number of carbonyl (C=O) groups is 2. The molecule has 0 fully saturated rings. The predicted molar refractivity (Wildman–Crippen MR) is 101 cm³/mol. The summed E-state index contributed by atoms with van der Waals surface area (Å²) >= 11 is 2.54. The summed E-state index contributed by atoms with van der Waals surface area (Å²) in [5.74, 6) is -0.686. The molecule has 7 heteroatoms. The fourth-order valence-corrected chi connectivity index (χ4v) is 4.31. The highest BCUT2D eigenvalue weighted by Gasteiger charge is 2.19. The first-order valence-corrected chi connectivity index (χ1v) is 9.16.